The highest BCUT2D eigenvalue weighted by molar-refractivity contribution is 5.74. The van der Waals surface area contributed by atoms with E-state index in [1.165, 1.54) is 0 Å². The maximum absolute atomic E-state index is 12.1. The Kier molecular flexibility index (Phi) is 6.89. The van der Waals surface area contributed by atoms with Crippen molar-refractivity contribution in [3.63, 3.8) is 0 Å². The third kappa shape index (κ3) is 5.73. The van der Waals surface area contributed by atoms with E-state index in [9.17, 15) is 9.59 Å². The molecule has 3 amide bonds. The molecule has 8 nitrogen and oxygen atoms in total. The van der Waals surface area contributed by atoms with Crippen molar-refractivity contribution in [3.8, 4) is 0 Å². The number of nitrogens with zero attached hydrogens (tertiary/aromatic N) is 3. The number of hydrogen-bond acceptors (Lipinski definition) is 4. The summed E-state index contributed by atoms with van der Waals surface area (Å²) in [7, 11) is 0. The minimum Gasteiger partial charge on any atom is -0.450 e. The second kappa shape index (κ2) is 9.77. The van der Waals surface area contributed by atoms with Crippen molar-refractivity contribution in [2.75, 3.05) is 19.7 Å². The largest absolute Gasteiger partial charge is 0.450 e. The van der Waals surface area contributed by atoms with Gasteiger partial charge in [0, 0.05) is 38.1 Å². The average Bonchev–Trinajstić information content (AvgIpc) is 3.21. The van der Waals surface area contributed by atoms with Crippen LogP contribution in [0.4, 0.5) is 9.59 Å². The number of benzene rings is 1. The van der Waals surface area contributed by atoms with Crippen molar-refractivity contribution in [1.29, 1.82) is 0 Å². The maximum atomic E-state index is 12.1. The van der Waals surface area contributed by atoms with Crippen molar-refractivity contribution >= 4 is 12.1 Å². The highest BCUT2D eigenvalue weighted by atomic mass is 16.6. The van der Waals surface area contributed by atoms with E-state index in [2.05, 4.69) is 15.7 Å². The Morgan fingerprint density at radius 1 is 1.18 bits per heavy atom. The lowest BCUT2D eigenvalue weighted by Gasteiger charge is -2.31. The number of hydrogen-bond donors (Lipinski definition) is 2. The topological polar surface area (TPSA) is 88.5 Å². The number of nitrogens with one attached hydrogen (secondary N) is 2. The van der Waals surface area contributed by atoms with Gasteiger partial charge in [-0.2, -0.15) is 5.10 Å². The van der Waals surface area contributed by atoms with Gasteiger partial charge in [0.2, 0.25) is 0 Å². The number of ether oxygens (including phenoxy) is 1. The van der Waals surface area contributed by atoms with E-state index in [0.29, 0.717) is 26.2 Å². The van der Waals surface area contributed by atoms with E-state index in [-0.39, 0.29) is 18.2 Å². The van der Waals surface area contributed by atoms with Crippen LogP contribution in [0.2, 0.25) is 0 Å². The fraction of sp³-hybridized carbons (Fsp3) is 0.450. The monoisotopic (exact) mass is 385 g/mol. The van der Waals surface area contributed by atoms with Crippen LogP contribution in [0.3, 0.4) is 0 Å². The zero-order chi connectivity index (χ0) is 19.8. The van der Waals surface area contributed by atoms with Gasteiger partial charge in [-0.1, -0.05) is 24.3 Å². The first-order valence-electron chi connectivity index (χ1n) is 9.65. The SMILES string of the molecule is CCOC(=O)N1CCC(NC(=O)NCc2ccc(Cn3cccn3)cc2)CC1. The van der Waals surface area contributed by atoms with Gasteiger partial charge in [0.25, 0.3) is 0 Å². The quantitative estimate of drug-likeness (QED) is 0.799. The molecule has 1 fully saturated rings. The fourth-order valence-electron chi connectivity index (χ4n) is 3.18. The van der Waals surface area contributed by atoms with Gasteiger partial charge in [-0.15, -0.1) is 0 Å². The maximum Gasteiger partial charge on any atom is 0.409 e. The zero-order valence-corrected chi connectivity index (χ0v) is 16.1. The lowest BCUT2D eigenvalue weighted by Crippen LogP contribution is -2.49. The van der Waals surface area contributed by atoms with Gasteiger partial charge in [-0.05, 0) is 37.0 Å². The van der Waals surface area contributed by atoms with Crippen LogP contribution in [0, 0.1) is 0 Å². The molecule has 0 bridgehead atoms. The predicted molar refractivity (Wildman–Crippen MR) is 105 cm³/mol. The van der Waals surface area contributed by atoms with Crippen molar-refractivity contribution in [1.82, 2.24) is 25.3 Å². The Bertz CT molecular complexity index is 753. The molecule has 1 aromatic carbocycles. The van der Waals surface area contributed by atoms with Crippen LogP contribution in [-0.4, -0.2) is 52.5 Å². The Morgan fingerprint density at radius 2 is 1.89 bits per heavy atom. The van der Waals surface area contributed by atoms with E-state index in [1.807, 2.05) is 41.2 Å². The van der Waals surface area contributed by atoms with Crippen LogP contribution in [0.25, 0.3) is 0 Å². The number of carbonyl (C=O) groups excluding carboxylic acids is 2. The summed E-state index contributed by atoms with van der Waals surface area (Å²) in [6.07, 6.45) is 4.87. The van der Waals surface area contributed by atoms with Crippen molar-refractivity contribution in [3.05, 3.63) is 53.9 Å². The molecule has 0 saturated carbocycles. The summed E-state index contributed by atoms with van der Waals surface area (Å²) in [5, 5.41) is 10.1. The summed E-state index contributed by atoms with van der Waals surface area (Å²) in [6.45, 7) is 4.57. The lowest BCUT2D eigenvalue weighted by molar-refractivity contribution is 0.0957. The molecule has 2 aromatic rings. The number of likely N-dealkylation sites (tertiary alicyclic amines) is 1. The molecule has 8 heteroatoms. The summed E-state index contributed by atoms with van der Waals surface area (Å²) in [6, 6.07) is 9.90. The Balaban J connectivity index is 1.37. The second-order valence-electron chi connectivity index (χ2n) is 6.81. The van der Waals surface area contributed by atoms with Crippen molar-refractivity contribution in [2.24, 2.45) is 0 Å². The molecule has 0 aliphatic carbocycles. The van der Waals surface area contributed by atoms with Crippen LogP contribution in [-0.2, 0) is 17.8 Å². The molecular weight excluding hydrogens is 358 g/mol. The summed E-state index contributed by atoms with van der Waals surface area (Å²) in [5.74, 6) is 0. The first-order chi connectivity index (χ1) is 13.6. The number of carbonyl (C=O) groups is 2. The molecule has 150 valence electrons. The third-order valence-corrected chi connectivity index (χ3v) is 4.74. The first kappa shape index (κ1) is 19.7. The fourth-order valence-corrected chi connectivity index (χ4v) is 3.18. The van der Waals surface area contributed by atoms with Gasteiger partial charge < -0.3 is 20.3 Å². The number of rotatable bonds is 6. The molecule has 2 heterocycles. The smallest absolute Gasteiger partial charge is 0.409 e. The van der Waals surface area contributed by atoms with E-state index in [1.54, 1.807) is 18.0 Å². The zero-order valence-electron chi connectivity index (χ0n) is 16.1. The van der Waals surface area contributed by atoms with Gasteiger partial charge in [0.1, 0.15) is 0 Å². The molecular formula is C20H27N5O3. The molecule has 1 aliphatic heterocycles. The molecule has 0 unspecified atom stereocenters. The number of aromatic nitrogens is 2. The Morgan fingerprint density at radius 3 is 2.54 bits per heavy atom. The average molecular weight is 385 g/mol. The van der Waals surface area contributed by atoms with Gasteiger partial charge in [0.15, 0.2) is 0 Å². The van der Waals surface area contributed by atoms with Crippen LogP contribution in [0.1, 0.15) is 30.9 Å². The summed E-state index contributed by atoms with van der Waals surface area (Å²) >= 11 is 0. The van der Waals surface area contributed by atoms with Crippen LogP contribution in [0.5, 0.6) is 0 Å². The first-order valence-corrected chi connectivity index (χ1v) is 9.65. The molecule has 0 radical (unpaired) electrons. The molecule has 0 atom stereocenters. The second-order valence-corrected chi connectivity index (χ2v) is 6.81. The number of piperidine rings is 1. The normalized spacial score (nSPS) is 14.5. The highest BCUT2D eigenvalue weighted by Gasteiger charge is 2.24. The van der Waals surface area contributed by atoms with E-state index in [4.69, 9.17) is 4.74 Å². The molecule has 1 aromatic heterocycles. The molecule has 2 N–H and O–H groups in total. The lowest BCUT2D eigenvalue weighted by atomic mass is 10.1. The summed E-state index contributed by atoms with van der Waals surface area (Å²) in [5.41, 5.74) is 2.20. The minimum absolute atomic E-state index is 0.0714. The van der Waals surface area contributed by atoms with E-state index < -0.39 is 0 Å². The molecule has 1 saturated heterocycles. The summed E-state index contributed by atoms with van der Waals surface area (Å²) in [4.78, 5) is 25.5. The number of amides is 3. The van der Waals surface area contributed by atoms with Crippen molar-refractivity contribution < 1.29 is 14.3 Å². The molecule has 28 heavy (non-hydrogen) atoms. The Labute approximate surface area is 164 Å². The van der Waals surface area contributed by atoms with Gasteiger partial charge in [-0.25, -0.2) is 9.59 Å². The van der Waals surface area contributed by atoms with E-state index >= 15 is 0 Å². The molecule has 1 aliphatic rings. The Hall–Kier alpha value is -3.03. The van der Waals surface area contributed by atoms with Crippen LogP contribution < -0.4 is 10.6 Å². The van der Waals surface area contributed by atoms with Crippen molar-refractivity contribution in [2.45, 2.75) is 38.9 Å². The molecule has 0 spiro atoms. The van der Waals surface area contributed by atoms with Gasteiger partial charge in [-0.3, -0.25) is 4.68 Å². The number of urea groups is 1. The molecule has 3 rings (SSSR count). The van der Waals surface area contributed by atoms with Gasteiger partial charge >= 0.3 is 12.1 Å². The standard InChI is InChI=1S/C20H27N5O3/c1-2-28-20(27)24-12-8-18(9-13-24)23-19(26)21-14-16-4-6-17(7-5-16)15-25-11-3-10-22-25/h3-7,10-11,18H,2,8-9,12-15H2,1H3,(H2,21,23,26). The minimum atomic E-state index is -0.276. The third-order valence-electron chi connectivity index (χ3n) is 4.74. The predicted octanol–water partition coefficient (Wildman–Crippen LogP) is 2.35. The van der Waals surface area contributed by atoms with Crippen LogP contribution >= 0.6 is 0 Å². The summed E-state index contributed by atoms with van der Waals surface area (Å²) < 4.78 is 6.87. The van der Waals surface area contributed by atoms with E-state index in [0.717, 1.165) is 30.5 Å². The highest BCUT2D eigenvalue weighted by Crippen LogP contribution is 2.11. The van der Waals surface area contributed by atoms with Crippen LogP contribution in [0.15, 0.2) is 42.7 Å². The van der Waals surface area contributed by atoms with Gasteiger partial charge in [0.05, 0.1) is 13.2 Å².